The molecule has 2 aliphatic rings. The Morgan fingerprint density at radius 1 is 1.19 bits per heavy atom. The number of aliphatic hydroxyl groups excluding tert-OH is 1. The van der Waals surface area contributed by atoms with Gasteiger partial charge in [0, 0.05) is 25.6 Å². The van der Waals surface area contributed by atoms with Crippen molar-refractivity contribution in [1.82, 2.24) is 9.62 Å². The zero-order chi connectivity index (χ0) is 26.4. The molecule has 0 bridgehead atoms. The molecular weight excluding hydrogens is 492 g/mol. The van der Waals surface area contributed by atoms with Gasteiger partial charge in [0.25, 0.3) is 0 Å². The minimum absolute atomic E-state index is 0.0312. The molecule has 1 saturated heterocycles. The van der Waals surface area contributed by atoms with Gasteiger partial charge in [-0.2, -0.15) is 0 Å². The van der Waals surface area contributed by atoms with E-state index in [1.807, 2.05) is 44.2 Å². The molecule has 9 heteroatoms. The first-order valence-electron chi connectivity index (χ1n) is 13.0. The van der Waals surface area contributed by atoms with Gasteiger partial charge < -0.3 is 29.6 Å². The van der Waals surface area contributed by atoms with Crippen molar-refractivity contribution in [1.29, 1.82) is 0 Å². The quantitative estimate of drug-likeness (QED) is 0.380. The first-order valence-corrected chi connectivity index (χ1v) is 14.2. The molecule has 0 aromatic heterocycles. The summed E-state index contributed by atoms with van der Waals surface area (Å²) in [7, 11) is 0. The molecular formula is C28H38N2O6S. The average Bonchev–Trinajstić information content (AvgIpc) is 3.45. The predicted octanol–water partition coefficient (Wildman–Crippen LogP) is 3.64. The molecule has 4 rings (SSSR count). The fraction of sp³-hybridized carbons (Fsp3) is 0.536. The van der Waals surface area contributed by atoms with E-state index < -0.39 is 29.6 Å². The Kier molecular flexibility index (Phi) is 9.72. The number of phenolic OH excluding ortho intramolecular Hbond substituents is 1. The Morgan fingerprint density at radius 2 is 1.97 bits per heavy atom. The van der Waals surface area contributed by atoms with Crippen LogP contribution in [0.1, 0.15) is 38.7 Å². The molecule has 2 fully saturated rings. The molecule has 2 aromatic rings. The number of rotatable bonds is 11. The summed E-state index contributed by atoms with van der Waals surface area (Å²) in [5.74, 6) is 0.659. The Hall–Kier alpha value is -2.30. The fourth-order valence-electron chi connectivity index (χ4n) is 5.19. The lowest BCUT2D eigenvalue weighted by Crippen LogP contribution is -2.51. The highest BCUT2D eigenvalue weighted by molar-refractivity contribution is 7.89. The van der Waals surface area contributed by atoms with E-state index >= 15 is 0 Å². The average molecular weight is 531 g/mol. The highest BCUT2D eigenvalue weighted by Crippen LogP contribution is 2.37. The van der Waals surface area contributed by atoms with E-state index in [2.05, 4.69) is 5.32 Å². The Bertz CT molecular complexity index is 997. The molecule has 1 aliphatic carbocycles. The van der Waals surface area contributed by atoms with Crippen molar-refractivity contribution in [2.24, 2.45) is 11.8 Å². The number of benzene rings is 2. The minimum Gasteiger partial charge on any atom is -0.593 e. The number of nitrogens with zero attached hydrogens (tertiary/aromatic N) is 1. The van der Waals surface area contributed by atoms with E-state index in [4.69, 9.17) is 9.47 Å². The Balaban J connectivity index is 1.45. The predicted molar refractivity (Wildman–Crippen MR) is 141 cm³/mol. The maximum atomic E-state index is 13.4. The van der Waals surface area contributed by atoms with Gasteiger partial charge in [-0.25, -0.2) is 4.79 Å². The number of nitrogens with one attached hydrogen (secondary N) is 1. The third kappa shape index (κ3) is 7.85. The second-order valence-corrected chi connectivity index (χ2v) is 11.9. The molecule has 6 atom stereocenters. The lowest BCUT2D eigenvalue weighted by Gasteiger charge is -2.31. The number of carbonyl (C=O) groups excluding carboxylic acids is 1. The summed E-state index contributed by atoms with van der Waals surface area (Å²) in [6.07, 6.45) is 1.30. The molecule has 37 heavy (non-hydrogen) atoms. The van der Waals surface area contributed by atoms with Gasteiger partial charge in [0.1, 0.15) is 11.9 Å². The molecule has 1 amide bonds. The van der Waals surface area contributed by atoms with Crippen molar-refractivity contribution in [3.05, 3.63) is 60.2 Å². The maximum Gasteiger partial charge on any atom is 0.407 e. The third-order valence-electron chi connectivity index (χ3n) is 6.96. The van der Waals surface area contributed by atoms with Crippen LogP contribution in [0.4, 0.5) is 4.79 Å². The molecule has 2 aromatic carbocycles. The van der Waals surface area contributed by atoms with Gasteiger partial charge in [0.05, 0.1) is 36.2 Å². The highest BCUT2D eigenvalue weighted by atomic mass is 32.2. The normalized spacial score (nSPS) is 23.6. The van der Waals surface area contributed by atoms with Crippen LogP contribution in [0.15, 0.2) is 59.5 Å². The zero-order valence-electron chi connectivity index (χ0n) is 21.5. The van der Waals surface area contributed by atoms with Gasteiger partial charge in [-0.1, -0.05) is 50.2 Å². The van der Waals surface area contributed by atoms with Crippen LogP contribution in [0.5, 0.6) is 5.75 Å². The summed E-state index contributed by atoms with van der Waals surface area (Å²) in [5.41, 5.74) is 0.958. The summed E-state index contributed by atoms with van der Waals surface area (Å²) >= 11 is -1.60. The van der Waals surface area contributed by atoms with Crippen molar-refractivity contribution in [3.8, 4) is 5.75 Å². The van der Waals surface area contributed by atoms with Gasteiger partial charge in [0.2, 0.25) is 0 Å². The summed E-state index contributed by atoms with van der Waals surface area (Å²) in [5, 5.41) is 24.1. The number of aromatic hydroxyl groups is 1. The van der Waals surface area contributed by atoms with E-state index in [1.165, 1.54) is 12.1 Å². The number of hydrogen-bond acceptors (Lipinski definition) is 7. The molecule has 3 N–H and O–H groups in total. The SMILES string of the molecule is CC(C)CN(C[C@@H](O)[C@H](Cc1ccccc1)NC(=O)OC1C[C@@H]2CCO[C@@H]2C1)[S+]([O-])c1cccc(O)c1. The van der Waals surface area contributed by atoms with Gasteiger partial charge in [-0.15, -0.1) is 4.31 Å². The molecule has 0 radical (unpaired) electrons. The molecule has 1 saturated carbocycles. The molecule has 202 valence electrons. The van der Waals surface area contributed by atoms with Crippen LogP contribution in [-0.2, 0) is 27.3 Å². The van der Waals surface area contributed by atoms with Crippen LogP contribution in [0, 0.1) is 11.8 Å². The number of carbonyl (C=O) groups is 1. The Morgan fingerprint density at radius 3 is 2.68 bits per heavy atom. The van der Waals surface area contributed by atoms with Crippen LogP contribution in [0.25, 0.3) is 0 Å². The standard InChI is InChI=1S/C28H38N2O6S/c1-19(2)17-30(37(34)24-10-6-9-22(31)15-24)18-26(32)25(13-20-7-4-3-5-8-20)29-28(33)36-23-14-21-11-12-35-27(21)16-23/h3-10,15,19,21,23,25-27,31-32H,11-14,16-18H2,1-2H3,(H,29,33)/t21-,23?,25-,26+,27+,37?/m0/s1. The number of amides is 1. The van der Waals surface area contributed by atoms with E-state index in [0.717, 1.165) is 25.0 Å². The smallest absolute Gasteiger partial charge is 0.407 e. The number of hydrogen-bond donors (Lipinski definition) is 3. The summed E-state index contributed by atoms with van der Waals surface area (Å²) in [6.45, 7) is 5.33. The van der Waals surface area contributed by atoms with Gasteiger partial charge in [-0.3, -0.25) is 0 Å². The fourth-order valence-corrected chi connectivity index (χ4v) is 6.63. The Labute approximate surface area is 222 Å². The van der Waals surface area contributed by atoms with Crippen LogP contribution >= 0.6 is 0 Å². The van der Waals surface area contributed by atoms with E-state index in [0.29, 0.717) is 30.2 Å². The van der Waals surface area contributed by atoms with Gasteiger partial charge >= 0.3 is 6.09 Å². The topological polar surface area (TPSA) is 114 Å². The first kappa shape index (κ1) is 27.7. The van der Waals surface area contributed by atoms with Crippen LogP contribution in [0.2, 0.25) is 0 Å². The van der Waals surface area contributed by atoms with Crippen LogP contribution in [0.3, 0.4) is 0 Å². The lowest BCUT2D eigenvalue weighted by atomic mass is 10.0. The summed E-state index contributed by atoms with van der Waals surface area (Å²) < 4.78 is 26.5. The van der Waals surface area contributed by atoms with Crippen LogP contribution < -0.4 is 5.32 Å². The minimum atomic E-state index is -1.60. The van der Waals surface area contributed by atoms with Crippen molar-refractivity contribution in [2.75, 3.05) is 19.7 Å². The monoisotopic (exact) mass is 530 g/mol. The number of fused-ring (bicyclic) bond motifs is 1. The first-order chi connectivity index (χ1) is 17.8. The van der Waals surface area contributed by atoms with Crippen molar-refractivity contribution in [3.63, 3.8) is 0 Å². The van der Waals surface area contributed by atoms with E-state index in [-0.39, 0.29) is 30.4 Å². The maximum absolute atomic E-state index is 13.4. The van der Waals surface area contributed by atoms with Gasteiger partial charge in [0.15, 0.2) is 4.90 Å². The van der Waals surface area contributed by atoms with Crippen molar-refractivity contribution in [2.45, 2.75) is 68.8 Å². The number of ether oxygens (including phenoxy) is 2. The number of phenols is 1. The lowest BCUT2D eigenvalue weighted by molar-refractivity contribution is 0.0554. The van der Waals surface area contributed by atoms with Gasteiger partial charge in [-0.05, 0) is 48.8 Å². The van der Waals surface area contributed by atoms with Crippen molar-refractivity contribution >= 4 is 17.5 Å². The largest absolute Gasteiger partial charge is 0.593 e. The van der Waals surface area contributed by atoms with E-state index in [1.54, 1.807) is 16.4 Å². The number of aliphatic hydroxyl groups is 1. The van der Waals surface area contributed by atoms with Crippen molar-refractivity contribution < 1.29 is 29.0 Å². The third-order valence-corrected chi connectivity index (χ3v) is 8.38. The summed E-state index contributed by atoms with van der Waals surface area (Å²) in [4.78, 5) is 13.3. The zero-order valence-corrected chi connectivity index (χ0v) is 22.3. The highest BCUT2D eigenvalue weighted by Gasteiger charge is 2.40. The number of alkyl carbamates (subject to hydrolysis) is 1. The molecule has 2 unspecified atom stereocenters. The molecule has 1 aliphatic heterocycles. The molecule has 8 nitrogen and oxygen atoms in total. The summed E-state index contributed by atoms with van der Waals surface area (Å²) in [6, 6.07) is 15.3. The second-order valence-electron chi connectivity index (χ2n) is 10.5. The van der Waals surface area contributed by atoms with Crippen LogP contribution in [-0.4, -0.2) is 69.2 Å². The van der Waals surface area contributed by atoms with E-state index in [9.17, 15) is 19.6 Å². The second kappa shape index (κ2) is 13.0. The molecule has 1 heterocycles. The molecule has 0 spiro atoms.